The van der Waals surface area contributed by atoms with Crippen molar-refractivity contribution in [3.63, 3.8) is 0 Å². The van der Waals surface area contributed by atoms with Gasteiger partial charge in [-0.1, -0.05) is 26.0 Å². The summed E-state index contributed by atoms with van der Waals surface area (Å²) in [5.41, 5.74) is 2.86. The molecular formula is C14H21NO. The van der Waals surface area contributed by atoms with Crippen LogP contribution in [-0.2, 0) is 6.42 Å². The molecule has 1 aliphatic carbocycles. The maximum Gasteiger partial charge on any atom is 0.122 e. The van der Waals surface area contributed by atoms with Crippen molar-refractivity contribution >= 4 is 0 Å². The lowest BCUT2D eigenvalue weighted by Crippen LogP contribution is -2.18. The third kappa shape index (κ3) is 2.22. The smallest absolute Gasteiger partial charge is 0.122 e. The van der Waals surface area contributed by atoms with Crippen LogP contribution in [0.3, 0.4) is 0 Å². The van der Waals surface area contributed by atoms with Gasteiger partial charge in [-0.25, -0.2) is 0 Å². The average Bonchev–Trinajstić information content (AvgIpc) is 2.71. The van der Waals surface area contributed by atoms with Crippen LogP contribution in [0.1, 0.15) is 43.9 Å². The Bertz CT molecular complexity index is 349. The van der Waals surface area contributed by atoms with E-state index in [4.69, 9.17) is 4.74 Å². The fourth-order valence-electron chi connectivity index (χ4n) is 2.43. The molecule has 0 amide bonds. The largest absolute Gasteiger partial charge is 0.493 e. The number of hydrogen-bond donors (Lipinski definition) is 1. The topological polar surface area (TPSA) is 21.3 Å². The first-order chi connectivity index (χ1) is 7.86. The molecule has 0 heterocycles. The van der Waals surface area contributed by atoms with Crippen molar-refractivity contribution in [2.45, 2.75) is 39.2 Å². The lowest BCUT2D eigenvalue weighted by Gasteiger charge is -2.13. The lowest BCUT2D eigenvalue weighted by atomic mass is 10.1. The van der Waals surface area contributed by atoms with Gasteiger partial charge in [0.05, 0.1) is 6.61 Å². The zero-order valence-electron chi connectivity index (χ0n) is 10.3. The van der Waals surface area contributed by atoms with E-state index in [1.54, 1.807) is 0 Å². The molecule has 0 spiro atoms. The molecule has 1 aromatic carbocycles. The Morgan fingerprint density at radius 1 is 1.38 bits per heavy atom. The Kier molecular flexibility index (Phi) is 3.83. The van der Waals surface area contributed by atoms with Crippen molar-refractivity contribution in [2.24, 2.45) is 0 Å². The highest BCUT2D eigenvalue weighted by Crippen LogP contribution is 2.36. The summed E-state index contributed by atoms with van der Waals surface area (Å²) < 4.78 is 5.80. The second-order valence-corrected chi connectivity index (χ2v) is 4.32. The molecule has 0 saturated carbocycles. The van der Waals surface area contributed by atoms with Gasteiger partial charge < -0.3 is 10.1 Å². The van der Waals surface area contributed by atoms with Gasteiger partial charge in [0.25, 0.3) is 0 Å². The first-order valence-electron chi connectivity index (χ1n) is 6.34. The Hall–Kier alpha value is -1.02. The van der Waals surface area contributed by atoms with Gasteiger partial charge in [-0.05, 0) is 43.0 Å². The molecule has 1 aromatic rings. The van der Waals surface area contributed by atoms with Crippen LogP contribution in [0.2, 0.25) is 0 Å². The third-order valence-electron chi connectivity index (χ3n) is 3.14. The molecule has 88 valence electrons. The molecule has 0 aliphatic heterocycles. The van der Waals surface area contributed by atoms with Gasteiger partial charge in [-0.15, -0.1) is 0 Å². The molecule has 2 heteroatoms. The fraction of sp³-hybridized carbons (Fsp3) is 0.571. The maximum absolute atomic E-state index is 5.80. The summed E-state index contributed by atoms with van der Waals surface area (Å²) in [6.45, 7) is 6.16. The van der Waals surface area contributed by atoms with Gasteiger partial charge in [0, 0.05) is 6.04 Å². The van der Waals surface area contributed by atoms with Gasteiger partial charge in [0.15, 0.2) is 0 Å². The highest BCUT2D eigenvalue weighted by atomic mass is 16.5. The summed E-state index contributed by atoms with van der Waals surface area (Å²) in [7, 11) is 0. The second-order valence-electron chi connectivity index (χ2n) is 4.32. The summed E-state index contributed by atoms with van der Waals surface area (Å²) in [6, 6.07) is 6.97. The zero-order valence-corrected chi connectivity index (χ0v) is 10.3. The van der Waals surface area contributed by atoms with Crippen molar-refractivity contribution in [1.29, 1.82) is 0 Å². The summed E-state index contributed by atoms with van der Waals surface area (Å²) in [6.07, 6.45) is 3.42. The molecule has 0 bridgehead atoms. The summed E-state index contributed by atoms with van der Waals surface area (Å²) >= 11 is 0. The van der Waals surface area contributed by atoms with Crippen LogP contribution in [-0.4, -0.2) is 13.2 Å². The molecule has 0 radical (unpaired) electrons. The van der Waals surface area contributed by atoms with Crippen LogP contribution in [0, 0.1) is 0 Å². The summed E-state index contributed by atoms with van der Waals surface area (Å²) in [5.74, 6) is 1.10. The van der Waals surface area contributed by atoms with Crippen LogP contribution >= 0.6 is 0 Å². The maximum atomic E-state index is 5.80. The van der Waals surface area contributed by atoms with Crippen molar-refractivity contribution < 1.29 is 4.74 Å². The minimum Gasteiger partial charge on any atom is -0.493 e. The van der Waals surface area contributed by atoms with Gasteiger partial charge in [0.2, 0.25) is 0 Å². The van der Waals surface area contributed by atoms with E-state index in [1.807, 2.05) is 0 Å². The van der Waals surface area contributed by atoms with Gasteiger partial charge in [-0.3, -0.25) is 0 Å². The molecule has 16 heavy (non-hydrogen) atoms. The molecule has 1 aliphatic rings. The van der Waals surface area contributed by atoms with Gasteiger partial charge in [-0.2, -0.15) is 0 Å². The van der Waals surface area contributed by atoms with Crippen LogP contribution in [0.15, 0.2) is 18.2 Å². The van der Waals surface area contributed by atoms with Crippen LogP contribution < -0.4 is 10.1 Å². The SMILES string of the molecule is CCCOc1cccc2c1CCC2NCC. The molecule has 1 unspecified atom stereocenters. The number of rotatable bonds is 5. The molecule has 0 aromatic heterocycles. The number of hydrogen-bond acceptors (Lipinski definition) is 2. The molecule has 1 atom stereocenters. The predicted octanol–water partition coefficient (Wildman–Crippen LogP) is 3.07. The minimum atomic E-state index is 0.533. The highest BCUT2D eigenvalue weighted by molar-refractivity contribution is 5.45. The van der Waals surface area contributed by atoms with E-state index in [0.29, 0.717) is 6.04 Å². The first kappa shape index (κ1) is 11.5. The van der Waals surface area contributed by atoms with E-state index < -0.39 is 0 Å². The number of ether oxygens (including phenoxy) is 1. The van der Waals surface area contributed by atoms with Crippen molar-refractivity contribution in [1.82, 2.24) is 5.32 Å². The van der Waals surface area contributed by atoms with E-state index in [9.17, 15) is 0 Å². The lowest BCUT2D eigenvalue weighted by molar-refractivity contribution is 0.314. The van der Waals surface area contributed by atoms with E-state index >= 15 is 0 Å². The predicted molar refractivity (Wildman–Crippen MR) is 67.0 cm³/mol. The number of benzene rings is 1. The van der Waals surface area contributed by atoms with Crippen molar-refractivity contribution in [3.05, 3.63) is 29.3 Å². The normalized spacial score (nSPS) is 18.5. The third-order valence-corrected chi connectivity index (χ3v) is 3.14. The first-order valence-corrected chi connectivity index (χ1v) is 6.34. The van der Waals surface area contributed by atoms with Crippen LogP contribution in [0.5, 0.6) is 5.75 Å². The van der Waals surface area contributed by atoms with Crippen LogP contribution in [0.25, 0.3) is 0 Å². The van der Waals surface area contributed by atoms with E-state index in [-0.39, 0.29) is 0 Å². The standard InChI is InChI=1S/C14H21NO/c1-3-10-16-14-7-5-6-11-12(14)8-9-13(11)15-4-2/h5-7,13,15H,3-4,8-10H2,1-2H3. The number of fused-ring (bicyclic) bond motifs is 1. The fourth-order valence-corrected chi connectivity index (χ4v) is 2.43. The number of nitrogens with one attached hydrogen (secondary N) is 1. The molecule has 0 saturated heterocycles. The van der Waals surface area contributed by atoms with E-state index in [0.717, 1.165) is 31.7 Å². The molecular weight excluding hydrogens is 198 g/mol. The quantitative estimate of drug-likeness (QED) is 0.821. The average molecular weight is 219 g/mol. The zero-order chi connectivity index (χ0) is 11.4. The molecule has 1 N–H and O–H groups in total. The van der Waals surface area contributed by atoms with Crippen molar-refractivity contribution in [3.8, 4) is 5.75 Å². The Labute approximate surface area is 98.0 Å². The Morgan fingerprint density at radius 2 is 2.25 bits per heavy atom. The van der Waals surface area contributed by atoms with Crippen molar-refractivity contribution in [2.75, 3.05) is 13.2 Å². The summed E-state index contributed by atoms with van der Waals surface area (Å²) in [5, 5.41) is 3.53. The second kappa shape index (κ2) is 5.35. The van der Waals surface area contributed by atoms with E-state index in [1.165, 1.54) is 17.5 Å². The minimum absolute atomic E-state index is 0.533. The highest BCUT2D eigenvalue weighted by Gasteiger charge is 2.24. The molecule has 2 nitrogen and oxygen atoms in total. The van der Waals surface area contributed by atoms with Gasteiger partial charge >= 0.3 is 0 Å². The monoisotopic (exact) mass is 219 g/mol. The van der Waals surface area contributed by atoms with Gasteiger partial charge in [0.1, 0.15) is 5.75 Å². The molecule has 2 rings (SSSR count). The summed E-state index contributed by atoms with van der Waals surface area (Å²) in [4.78, 5) is 0. The van der Waals surface area contributed by atoms with Crippen LogP contribution in [0.4, 0.5) is 0 Å². The Morgan fingerprint density at radius 3 is 3.00 bits per heavy atom. The molecule has 0 fully saturated rings. The Balaban J connectivity index is 2.18. The van der Waals surface area contributed by atoms with E-state index in [2.05, 4.69) is 37.4 Å².